The molecular formula is C56H37NO. The molecule has 58 heavy (non-hydrogen) atoms. The number of fused-ring (bicyclic) bond motifs is 6. The van der Waals surface area contributed by atoms with Gasteiger partial charge in [-0.3, -0.25) is 0 Å². The molecule has 0 spiro atoms. The topological polar surface area (TPSA) is 16.4 Å². The molecule has 0 N–H and O–H groups in total. The third kappa shape index (κ3) is 5.91. The van der Waals surface area contributed by atoms with Gasteiger partial charge in [0.2, 0.25) is 0 Å². The van der Waals surface area contributed by atoms with Crippen LogP contribution in [0.5, 0.6) is 0 Å². The van der Waals surface area contributed by atoms with E-state index in [1.165, 1.54) is 49.4 Å². The van der Waals surface area contributed by atoms with Crippen molar-refractivity contribution in [1.29, 1.82) is 0 Å². The molecule has 1 heterocycles. The van der Waals surface area contributed by atoms with Crippen LogP contribution in [0, 0.1) is 0 Å². The molecule has 2 heteroatoms. The molecule has 0 atom stereocenters. The zero-order valence-electron chi connectivity index (χ0n) is 31.7. The Bertz CT molecular complexity index is 3200. The van der Waals surface area contributed by atoms with E-state index >= 15 is 0 Å². The van der Waals surface area contributed by atoms with E-state index in [4.69, 9.17) is 4.42 Å². The van der Waals surface area contributed by atoms with Gasteiger partial charge >= 0.3 is 0 Å². The van der Waals surface area contributed by atoms with E-state index in [0.717, 1.165) is 55.7 Å². The van der Waals surface area contributed by atoms with E-state index in [2.05, 4.69) is 217 Å². The lowest BCUT2D eigenvalue weighted by Gasteiger charge is -2.28. The largest absolute Gasteiger partial charge is 0.455 e. The molecule has 0 saturated heterocycles. The number of para-hydroxylation sites is 2. The second-order valence-corrected chi connectivity index (χ2v) is 14.9. The molecule has 2 nitrogen and oxygen atoms in total. The summed E-state index contributed by atoms with van der Waals surface area (Å²) >= 11 is 0. The standard InChI is InChI=1S/C56H37NO/c1-3-14-38(15-4-1)43-34-44(39-16-5-2-6-17-39)36-45(35-43)40-26-30-46(31-27-40)57(54-37-42-18-7-8-19-48(42)50-20-9-10-21-51(50)54)47-32-28-41(29-33-47)49-23-13-24-53-52-22-11-12-25-55(52)58-56(49)53/h1-37H. The molecule has 0 aliphatic rings. The first kappa shape index (κ1) is 33.6. The summed E-state index contributed by atoms with van der Waals surface area (Å²) < 4.78 is 6.45. The molecule has 0 aliphatic heterocycles. The van der Waals surface area contributed by atoms with Crippen LogP contribution in [0.4, 0.5) is 17.1 Å². The molecule has 1 aromatic heterocycles. The van der Waals surface area contributed by atoms with Crippen LogP contribution in [0.2, 0.25) is 0 Å². The second kappa shape index (κ2) is 14.1. The highest BCUT2D eigenvalue weighted by Crippen LogP contribution is 2.44. The molecule has 11 aromatic rings. The van der Waals surface area contributed by atoms with Crippen molar-refractivity contribution in [3.05, 3.63) is 224 Å². The molecule has 0 radical (unpaired) electrons. The number of hydrogen-bond donors (Lipinski definition) is 0. The van der Waals surface area contributed by atoms with E-state index < -0.39 is 0 Å². The molecule has 0 aliphatic carbocycles. The Morgan fingerprint density at radius 1 is 0.293 bits per heavy atom. The van der Waals surface area contributed by atoms with Crippen molar-refractivity contribution in [2.75, 3.05) is 4.90 Å². The van der Waals surface area contributed by atoms with Crippen LogP contribution in [-0.2, 0) is 0 Å². The average molecular weight is 740 g/mol. The maximum absolute atomic E-state index is 6.45. The SMILES string of the molecule is c1ccc(-c2cc(-c3ccccc3)cc(-c3ccc(N(c4ccc(-c5cccc6c5oc5ccccc56)cc4)c4cc5ccccc5c5ccccc45)cc3)c2)cc1. The first-order valence-electron chi connectivity index (χ1n) is 19.8. The Morgan fingerprint density at radius 3 is 1.41 bits per heavy atom. The van der Waals surface area contributed by atoms with E-state index in [1.54, 1.807) is 0 Å². The number of rotatable bonds is 7. The van der Waals surface area contributed by atoms with Gasteiger partial charge in [-0.05, 0) is 110 Å². The van der Waals surface area contributed by atoms with E-state index in [0.29, 0.717) is 0 Å². The van der Waals surface area contributed by atoms with Gasteiger partial charge in [-0.1, -0.05) is 170 Å². The molecular weight excluding hydrogens is 703 g/mol. The molecule has 11 rings (SSSR count). The lowest BCUT2D eigenvalue weighted by molar-refractivity contribution is 0.670. The molecule has 0 bridgehead atoms. The number of anilines is 3. The summed E-state index contributed by atoms with van der Waals surface area (Å²) in [7, 11) is 0. The van der Waals surface area contributed by atoms with Crippen LogP contribution in [0.15, 0.2) is 229 Å². The first-order chi connectivity index (χ1) is 28.7. The number of furan rings is 1. The second-order valence-electron chi connectivity index (χ2n) is 14.9. The van der Waals surface area contributed by atoms with Crippen LogP contribution in [-0.4, -0.2) is 0 Å². The average Bonchev–Trinajstić information content (AvgIpc) is 3.69. The van der Waals surface area contributed by atoms with E-state index in [1.807, 2.05) is 12.1 Å². The van der Waals surface area contributed by atoms with Crippen LogP contribution < -0.4 is 4.90 Å². The quantitative estimate of drug-likeness (QED) is 0.151. The van der Waals surface area contributed by atoms with Gasteiger partial charge in [0.15, 0.2) is 0 Å². The maximum Gasteiger partial charge on any atom is 0.143 e. The summed E-state index contributed by atoms with van der Waals surface area (Å²) in [5, 5.41) is 7.15. The van der Waals surface area contributed by atoms with Crippen LogP contribution in [0.25, 0.3) is 88.0 Å². The monoisotopic (exact) mass is 739 g/mol. The van der Waals surface area contributed by atoms with Gasteiger partial charge in [0.05, 0.1) is 5.69 Å². The van der Waals surface area contributed by atoms with Crippen molar-refractivity contribution >= 4 is 60.5 Å². The lowest BCUT2D eigenvalue weighted by Crippen LogP contribution is -2.10. The van der Waals surface area contributed by atoms with Crippen molar-refractivity contribution < 1.29 is 4.42 Å². The summed E-state index contributed by atoms with van der Waals surface area (Å²) in [6, 6.07) is 80.7. The molecule has 0 saturated carbocycles. The zero-order valence-corrected chi connectivity index (χ0v) is 31.7. The van der Waals surface area contributed by atoms with E-state index in [9.17, 15) is 0 Å². The number of hydrogen-bond acceptors (Lipinski definition) is 2. The fourth-order valence-corrected chi connectivity index (χ4v) is 8.60. The Kier molecular flexibility index (Phi) is 8.19. The van der Waals surface area contributed by atoms with Crippen molar-refractivity contribution in [2.24, 2.45) is 0 Å². The summed E-state index contributed by atoms with van der Waals surface area (Å²) in [5.74, 6) is 0. The van der Waals surface area contributed by atoms with Gasteiger partial charge < -0.3 is 9.32 Å². The highest BCUT2D eigenvalue weighted by molar-refractivity contribution is 6.15. The minimum Gasteiger partial charge on any atom is -0.455 e. The molecule has 0 fully saturated rings. The zero-order chi connectivity index (χ0) is 38.4. The Labute approximate surface area is 337 Å². The Balaban J connectivity index is 1.05. The minimum absolute atomic E-state index is 0.905. The predicted octanol–water partition coefficient (Wildman–Crippen LogP) is 16.0. The van der Waals surface area contributed by atoms with Gasteiger partial charge in [0.25, 0.3) is 0 Å². The fraction of sp³-hybridized carbons (Fsp3) is 0. The number of nitrogens with zero attached hydrogens (tertiary/aromatic N) is 1. The Morgan fingerprint density at radius 2 is 0.776 bits per heavy atom. The van der Waals surface area contributed by atoms with E-state index in [-0.39, 0.29) is 0 Å². The van der Waals surface area contributed by atoms with Gasteiger partial charge in [0.1, 0.15) is 11.2 Å². The van der Waals surface area contributed by atoms with Crippen LogP contribution in [0.1, 0.15) is 0 Å². The summed E-state index contributed by atoms with van der Waals surface area (Å²) in [4.78, 5) is 2.40. The van der Waals surface area contributed by atoms with Crippen molar-refractivity contribution in [1.82, 2.24) is 0 Å². The molecule has 0 unspecified atom stereocenters. The van der Waals surface area contributed by atoms with Gasteiger partial charge in [-0.25, -0.2) is 0 Å². The third-order valence-corrected chi connectivity index (χ3v) is 11.4. The Hall–Kier alpha value is -7.68. The summed E-state index contributed by atoms with van der Waals surface area (Å²) in [6.45, 7) is 0. The van der Waals surface area contributed by atoms with Gasteiger partial charge in [-0.2, -0.15) is 0 Å². The van der Waals surface area contributed by atoms with Crippen molar-refractivity contribution in [2.45, 2.75) is 0 Å². The van der Waals surface area contributed by atoms with Crippen molar-refractivity contribution in [3.63, 3.8) is 0 Å². The van der Waals surface area contributed by atoms with Gasteiger partial charge in [-0.15, -0.1) is 0 Å². The summed E-state index contributed by atoms with van der Waals surface area (Å²) in [6.07, 6.45) is 0. The van der Waals surface area contributed by atoms with Crippen LogP contribution in [0.3, 0.4) is 0 Å². The first-order valence-corrected chi connectivity index (χ1v) is 19.8. The minimum atomic E-state index is 0.905. The maximum atomic E-state index is 6.45. The highest BCUT2D eigenvalue weighted by Gasteiger charge is 2.19. The molecule has 10 aromatic carbocycles. The number of benzene rings is 10. The predicted molar refractivity (Wildman–Crippen MR) is 245 cm³/mol. The smallest absolute Gasteiger partial charge is 0.143 e. The fourth-order valence-electron chi connectivity index (χ4n) is 8.60. The highest BCUT2D eigenvalue weighted by atomic mass is 16.3. The third-order valence-electron chi connectivity index (χ3n) is 11.4. The van der Waals surface area contributed by atoms with Gasteiger partial charge in [0, 0.05) is 33.1 Å². The molecule has 272 valence electrons. The molecule has 0 amide bonds. The van der Waals surface area contributed by atoms with Crippen molar-refractivity contribution in [3.8, 4) is 44.5 Å². The van der Waals surface area contributed by atoms with Crippen LogP contribution >= 0.6 is 0 Å². The normalized spacial score (nSPS) is 11.4. The summed E-state index contributed by atoms with van der Waals surface area (Å²) in [5.41, 5.74) is 14.4. The lowest BCUT2D eigenvalue weighted by atomic mass is 9.93.